The van der Waals surface area contributed by atoms with Gasteiger partial charge in [-0.1, -0.05) is 30.3 Å². The molecule has 0 aliphatic carbocycles. The Kier molecular flexibility index (Phi) is 6.74. The lowest BCUT2D eigenvalue weighted by Gasteiger charge is -2.17. The number of carbonyl (C=O) groups excluding carboxylic acids is 1. The molecule has 0 aliphatic heterocycles. The number of aromatic nitrogens is 1. The number of hydrogen-bond donors (Lipinski definition) is 2. The minimum atomic E-state index is -1.23. The predicted octanol–water partition coefficient (Wildman–Crippen LogP) is 3.27. The number of benzene rings is 2. The average molecular weight is 409 g/mol. The van der Waals surface area contributed by atoms with Gasteiger partial charge in [0.25, 0.3) is 5.91 Å². The Hall–Kier alpha value is -3.32. The molecular weight excluding hydrogens is 382 g/mol. The summed E-state index contributed by atoms with van der Waals surface area (Å²) in [7, 11) is 5.60. The van der Waals surface area contributed by atoms with E-state index < -0.39 is 12.1 Å². The van der Waals surface area contributed by atoms with Crippen LogP contribution in [0.1, 0.15) is 15.9 Å². The minimum Gasteiger partial charge on any atom is -0.497 e. The van der Waals surface area contributed by atoms with Crippen LogP contribution in [0, 0.1) is 0 Å². The second-order valence-corrected chi connectivity index (χ2v) is 7.49. The molecule has 0 saturated carbocycles. The largest absolute Gasteiger partial charge is 0.497 e. The number of likely N-dealkylation sites (N-methyl/N-ethyl adjacent to an activating group) is 1. The molecule has 2 N–H and O–H groups in total. The Morgan fingerprint density at radius 2 is 1.90 bits per heavy atom. The van der Waals surface area contributed by atoms with Crippen molar-refractivity contribution >= 4 is 22.9 Å². The molecule has 7 nitrogen and oxygen atoms in total. The lowest BCUT2D eigenvalue weighted by molar-refractivity contribution is 0.0859. The van der Waals surface area contributed by atoms with Gasteiger partial charge in [-0.3, -0.25) is 9.36 Å². The first-order valence-electron chi connectivity index (χ1n) is 9.79. The fourth-order valence-electron chi connectivity index (χ4n) is 3.50. The van der Waals surface area contributed by atoms with E-state index >= 15 is 0 Å². The highest BCUT2D eigenvalue weighted by atomic mass is 16.5. The van der Waals surface area contributed by atoms with Gasteiger partial charge in [0.1, 0.15) is 11.8 Å². The number of rotatable bonds is 8. The van der Waals surface area contributed by atoms with Gasteiger partial charge in [-0.25, -0.2) is 4.79 Å². The predicted molar refractivity (Wildman–Crippen MR) is 116 cm³/mol. The highest BCUT2D eigenvalue weighted by Crippen LogP contribution is 2.27. The Labute approximate surface area is 175 Å². The number of ether oxygens (including phenoxy) is 1. The highest BCUT2D eigenvalue weighted by molar-refractivity contribution is 5.98. The zero-order chi connectivity index (χ0) is 21.7. The standard InChI is InChI=1S/C23H27N3O4/c1-25(2)12-11-17-15-26(21-10-9-18(30-3)14-19(17)21)22(27)20(24-23(28)29)13-16-7-5-4-6-8-16/h4-10,14-15,20,24H,11-13H2,1-3H3,(H,28,29). The molecule has 0 fully saturated rings. The number of nitrogens with one attached hydrogen (secondary N) is 1. The molecule has 1 aromatic heterocycles. The summed E-state index contributed by atoms with van der Waals surface area (Å²) >= 11 is 0. The van der Waals surface area contributed by atoms with Crippen molar-refractivity contribution in [3.05, 3.63) is 65.9 Å². The van der Waals surface area contributed by atoms with E-state index in [4.69, 9.17) is 4.74 Å². The van der Waals surface area contributed by atoms with Crippen LogP contribution in [0.25, 0.3) is 10.9 Å². The molecule has 1 heterocycles. The van der Waals surface area contributed by atoms with E-state index in [2.05, 4.69) is 10.2 Å². The van der Waals surface area contributed by atoms with Crippen molar-refractivity contribution in [2.45, 2.75) is 18.9 Å². The SMILES string of the molecule is COc1ccc2c(c1)c(CCN(C)C)cn2C(=O)C(Cc1ccccc1)NC(=O)O. The molecular formula is C23H27N3O4. The van der Waals surface area contributed by atoms with Crippen LogP contribution >= 0.6 is 0 Å². The first-order chi connectivity index (χ1) is 14.4. The van der Waals surface area contributed by atoms with Crippen molar-refractivity contribution in [1.29, 1.82) is 0 Å². The number of fused-ring (bicyclic) bond motifs is 1. The van der Waals surface area contributed by atoms with E-state index in [1.807, 2.05) is 62.8 Å². The van der Waals surface area contributed by atoms with Crippen LogP contribution in [0.2, 0.25) is 0 Å². The number of nitrogens with zero attached hydrogens (tertiary/aromatic N) is 2. The van der Waals surface area contributed by atoms with Crippen molar-refractivity contribution in [2.75, 3.05) is 27.7 Å². The van der Waals surface area contributed by atoms with Crippen molar-refractivity contribution in [2.24, 2.45) is 0 Å². The monoisotopic (exact) mass is 409 g/mol. The summed E-state index contributed by atoms with van der Waals surface area (Å²) in [5.41, 5.74) is 2.63. The maximum Gasteiger partial charge on any atom is 0.405 e. The Morgan fingerprint density at radius 3 is 2.53 bits per heavy atom. The summed E-state index contributed by atoms with van der Waals surface area (Å²) in [5, 5.41) is 12.6. The number of carboxylic acid groups (broad SMARTS) is 1. The first kappa shape index (κ1) is 21.4. The summed E-state index contributed by atoms with van der Waals surface area (Å²) in [6.45, 7) is 0.825. The van der Waals surface area contributed by atoms with Gasteiger partial charge in [0.05, 0.1) is 12.6 Å². The van der Waals surface area contributed by atoms with Gasteiger partial charge >= 0.3 is 6.09 Å². The molecule has 158 valence electrons. The van der Waals surface area contributed by atoms with Crippen LogP contribution in [0.15, 0.2) is 54.7 Å². The molecule has 0 radical (unpaired) electrons. The molecule has 2 aromatic carbocycles. The topological polar surface area (TPSA) is 83.8 Å². The molecule has 3 rings (SSSR count). The van der Waals surface area contributed by atoms with Gasteiger partial charge in [-0.2, -0.15) is 0 Å². The van der Waals surface area contributed by atoms with Crippen LogP contribution < -0.4 is 10.1 Å². The van der Waals surface area contributed by atoms with E-state index in [1.165, 1.54) is 0 Å². The molecule has 30 heavy (non-hydrogen) atoms. The molecule has 1 atom stereocenters. The van der Waals surface area contributed by atoms with E-state index in [9.17, 15) is 14.7 Å². The van der Waals surface area contributed by atoms with Gasteiger partial charge in [0.15, 0.2) is 0 Å². The smallest absolute Gasteiger partial charge is 0.405 e. The molecule has 3 aromatic rings. The fraction of sp³-hybridized carbons (Fsp3) is 0.304. The first-order valence-corrected chi connectivity index (χ1v) is 9.79. The normalized spacial score (nSPS) is 12.1. The second-order valence-electron chi connectivity index (χ2n) is 7.49. The summed E-state index contributed by atoms with van der Waals surface area (Å²) in [5.74, 6) is 0.399. The summed E-state index contributed by atoms with van der Waals surface area (Å²) in [6.07, 6.45) is 1.62. The molecule has 1 unspecified atom stereocenters. The van der Waals surface area contributed by atoms with Crippen molar-refractivity contribution in [3.8, 4) is 5.75 Å². The Balaban J connectivity index is 2.01. The van der Waals surface area contributed by atoms with E-state index in [1.54, 1.807) is 17.7 Å². The molecule has 0 spiro atoms. The van der Waals surface area contributed by atoms with Gasteiger partial charge in [0.2, 0.25) is 0 Å². The van der Waals surface area contributed by atoms with Gasteiger partial charge in [-0.05, 0) is 49.8 Å². The van der Waals surface area contributed by atoms with Gasteiger partial charge < -0.3 is 20.1 Å². The van der Waals surface area contributed by atoms with Gasteiger partial charge in [-0.15, -0.1) is 0 Å². The van der Waals surface area contributed by atoms with E-state index in [0.717, 1.165) is 35.0 Å². The summed E-state index contributed by atoms with van der Waals surface area (Å²) in [6, 6.07) is 14.0. The maximum absolute atomic E-state index is 13.4. The molecule has 7 heteroatoms. The van der Waals surface area contributed by atoms with E-state index in [0.29, 0.717) is 5.75 Å². The third kappa shape index (κ3) is 4.99. The van der Waals surface area contributed by atoms with Crippen molar-refractivity contribution in [3.63, 3.8) is 0 Å². The average Bonchev–Trinajstić information content (AvgIpc) is 3.09. The lowest BCUT2D eigenvalue weighted by atomic mass is 10.1. The lowest BCUT2D eigenvalue weighted by Crippen LogP contribution is -2.44. The van der Waals surface area contributed by atoms with Crippen LogP contribution in [0.4, 0.5) is 4.79 Å². The quantitative estimate of drug-likeness (QED) is 0.597. The summed E-state index contributed by atoms with van der Waals surface area (Å²) in [4.78, 5) is 26.8. The zero-order valence-electron chi connectivity index (χ0n) is 17.5. The Bertz CT molecular complexity index is 1030. The third-order valence-corrected chi connectivity index (χ3v) is 5.04. The molecule has 0 saturated heterocycles. The number of hydrogen-bond acceptors (Lipinski definition) is 4. The van der Waals surface area contributed by atoms with Crippen LogP contribution in [0.3, 0.4) is 0 Å². The molecule has 1 amide bonds. The fourth-order valence-corrected chi connectivity index (χ4v) is 3.50. The van der Waals surface area contributed by atoms with Crippen LogP contribution in [-0.2, 0) is 12.8 Å². The van der Waals surface area contributed by atoms with Crippen molar-refractivity contribution in [1.82, 2.24) is 14.8 Å². The Morgan fingerprint density at radius 1 is 1.17 bits per heavy atom. The summed E-state index contributed by atoms with van der Waals surface area (Å²) < 4.78 is 6.92. The number of carbonyl (C=O) groups is 2. The highest BCUT2D eigenvalue weighted by Gasteiger charge is 2.25. The van der Waals surface area contributed by atoms with Gasteiger partial charge in [0, 0.05) is 24.5 Å². The van der Waals surface area contributed by atoms with Crippen LogP contribution in [0.5, 0.6) is 5.75 Å². The minimum absolute atomic E-state index is 0.273. The number of amides is 1. The van der Waals surface area contributed by atoms with Crippen LogP contribution in [-0.4, -0.2) is 60.4 Å². The second kappa shape index (κ2) is 9.45. The molecule has 0 aliphatic rings. The zero-order valence-corrected chi connectivity index (χ0v) is 17.5. The van der Waals surface area contributed by atoms with E-state index in [-0.39, 0.29) is 12.3 Å². The third-order valence-electron chi connectivity index (χ3n) is 5.04. The van der Waals surface area contributed by atoms with Crippen molar-refractivity contribution < 1.29 is 19.4 Å². The molecule has 0 bridgehead atoms. The maximum atomic E-state index is 13.4. The number of methoxy groups -OCH3 is 1.